The lowest BCUT2D eigenvalue weighted by atomic mass is 10.1. The molecule has 0 saturated carbocycles. The van der Waals surface area contributed by atoms with E-state index in [2.05, 4.69) is 5.43 Å². The number of carbonyl (C=O) groups excluding carboxylic acids is 1. The average molecular weight is 208 g/mol. The zero-order chi connectivity index (χ0) is 11.5. The second kappa shape index (κ2) is 4.31. The summed E-state index contributed by atoms with van der Waals surface area (Å²) in [6, 6.07) is 6.85. The first-order valence-corrected chi connectivity index (χ1v) is 4.72. The second-order valence-electron chi connectivity index (χ2n) is 4.23. The molecule has 0 aliphatic heterocycles. The first-order valence-electron chi connectivity index (χ1n) is 4.72. The highest BCUT2D eigenvalue weighted by molar-refractivity contribution is 5.90. The molecule has 0 fully saturated rings. The molecule has 1 rings (SSSR count). The van der Waals surface area contributed by atoms with Crippen LogP contribution in [0.15, 0.2) is 24.3 Å². The van der Waals surface area contributed by atoms with Gasteiger partial charge < -0.3 is 10.2 Å². The first kappa shape index (κ1) is 11.5. The summed E-state index contributed by atoms with van der Waals surface area (Å²) in [5.74, 6) is 4.90. The maximum atomic E-state index is 11.6. The van der Waals surface area contributed by atoms with E-state index in [4.69, 9.17) is 10.6 Å². The largest absolute Gasteiger partial charge is 0.456 e. The minimum absolute atomic E-state index is 0.348. The highest BCUT2D eigenvalue weighted by Crippen LogP contribution is 2.14. The Kier molecular flexibility index (Phi) is 3.31. The van der Waals surface area contributed by atoms with Crippen LogP contribution in [0.1, 0.15) is 31.1 Å². The summed E-state index contributed by atoms with van der Waals surface area (Å²) in [6.45, 7) is 5.49. The van der Waals surface area contributed by atoms with Crippen LogP contribution in [0.25, 0.3) is 0 Å². The number of ether oxygens (including phenoxy) is 1. The SMILES string of the molecule is CC(C)(C)OC(=O)c1cccc(NN)c1. The van der Waals surface area contributed by atoms with E-state index in [-0.39, 0.29) is 5.97 Å². The molecule has 4 heteroatoms. The monoisotopic (exact) mass is 208 g/mol. The van der Waals surface area contributed by atoms with Crippen LogP contribution in [-0.4, -0.2) is 11.6 Å². The van der Waals surface area contributed by atoms with Crippen molar-refractivity contribution in [2.75, 3.05) is 5.43 Å². The van der Waals surface area contributed by atoms with Gasteiger partial charge in [0.1, 0.15) is 5.60 Å². The second-order valence-corrected chi connectivity index (χ2v) is 4.23. The molecule has 82 valence electrons. The quantitative estimate of drug-likeness (QED) is 0.443. The van der Waals surface area contributed by atoms with Gasteiger partial charge >= 0.3 is 5.97 Å². The number of hydrazine groups is 1. The molecule has 15 heavy (non-hydrogen) atoms. The zero-order valence-electron chi connectivity index (χ0n) is 9.20. The van der Waals surface area contributed by atoms with E-state index in [9.17, 15) is 4.79 Å². The molecule has 0 aliphatic carbocycles. The number of nitrogens with one attached hydrogen (secondary N) is 1. The fourth-order valence-corrected chi connectivity index (χ4v) is 1.07. The van der Waals surface area contributed by atoms with Gasteiger partial charge in [0.05, 0.1) is 5.56 Å². The lowest BCUT2D eigenvalue weighted by Crippen LogP contribution is -2.24. The normalized spacial score (nSPS) is 10.9. The van der Waals surface area contributed by atoms with E-state index < -0.39 is 5.60 Å². The third-order valence-electron chi connectivity index (χ3n) is 1.66. The molecule has 0 heterocycles. The van der Waals surface area contributed by atoms with E-state index in [0.29, 0.717) is 11.3 Å². The lowest BCUT2D eigenvalue weighted by Gasteiger charge is -2.19. The molecule has 0 aromatic heterocycles. The molecule has 0 unspecified atom stereocenters. The number of hydrogen-bond donors (Lipinski definition) is 2. The minimum Gasteiger partial charge on any atom is -0.456 e. The van der Waals surface area contributed by atoms with E-state index >= 15 is 0 Å². The van der Waals surface area contributed by atoms with Crippen LogP contribution in [-0.2, 0) is 4.74 Å². The predicted octanol–water partition coefficient (Wildman–Crippen LogP) is 1.93. The topological polar surface area (TPSA) is 64.3 Å². The average Bonchev–Trinajstić information content (AvgIpc) is 2.15. The number of rotatable bonds is 2. The standard InChI is InChI=1S/C11H16N2O2/c1-11(2,3)15-10(14)8-5-4-6-9(7-8)13-12/h4-7,13H,12H2,1-3H3. The number of carbonyl (C=O) groups is 1. The Balaban J connectivity index is 2.82. The van der Waals surface area contributed by atoms with Crippen LogP contribution in [0, 0.1) is 0 Å². The Morgan fingerprint density at radius 2 is 2.07 bits per heavy atom. The molecule has 0 radical (unpaired) electrons. The first-order chi connectivity index (χ1) is 6.92. The van der Waals surface area contributed by atoms with Gasteiger partial charge in [0.15, 0.2) is 0 Å². The zero-order valence-corrected chi connectivity index (χ0v) is 9.20. The van der Waals surface area contributed by atoms with Crippen molar-refractivity contribution in [2.24, 2.45) is 5.84 Å². The number of benzene rings is 1. The van der Waals surface area contributed by atoms with Crippen molar-refractivity contribution in [3.8, 4) is 0 Å². The van der Waals surface area contributed by atoms with E-state index in [1.165, 1.54) is 0 Å². The third kappa shape index (κ3) is 3.59. The van der Waals surface area contributed by atoms with Crippen LogP contribution in [0.2, 0.25) is 0 Å². The Bertz CT molecular complexity index is 356. The Hall–Kier alpha value is -1.55. The van der Waals surface area contributed by atoms with E-state index in [1.54, 1.807) is 24.3 Å². The van der Waals surface area contributed by atoms with Gasteiger partial charge in [-0.25, -0.2) is 4.79 Å². The molecule has 0 aliphatic rings. The molecular weight excluding hydrogens is 192 g/mol. The highest BCUT2D eigenvalue weighted by Gasteiger charge is 2.17. The van der Waals surface area contributed by atoms with Crippen molar-refractivity contribution >= 4 is 11.7 Å². The van der Waals surface area contributed by atoms with Crippen molar-refractivity contribution in [1.29, 1.82) is 0 Å². The van der Waals surface area contributed by atoms with Gasteiger partial charge in [-0.05, 0) is 39.0 Å². The predicted molar refractivity (Wildman–Crippen MR) is 59.4 cm³/mol. The number of hydrogen-bond acceptors (Lipinski definition) is 4. The summed E-state index contributed by atoms with van der Waals surface area (Å²) >= 11 is 0. The van der Waals surface area contributed by atoms with Crippen molar-refractivity contribution < 1.29 is 9.53 Å². The van der Waals surface area contributed by atoms with Gasteiger partial charge in [-0.2, -0.15) is 0 Å². The van der Waals surface area contributed by atoms with Crippen LogP contribution >= 0.6 is 0 Å². The van der Waals surface area contributed by atoms with Crippen molar-refractivity contribution in [3.63, 3.8) is 0 Å². The molecule has 3 N–H and O–H groups in total. The molecule has 0 saturated heterocycles. The third-order valence-corrected chi connectivity index (χ3v) is 1.66. The van der Waals surface area contributed by atoms with Crippen molar-refractivity contribution in [1.82, 2.24) is 0 Å². The van der Waals surface area contributed by atoms with Crippen LogP contribution in [0.5, 0.6) is 0 Å². The summed E-state index contributed by atoms with van der Waals surface area (Å²) in [4.78, 5) is 11.6. The summed E-state index contributed by atoms with van der Waals surface area (Å²) in [6.07, 6.45) is 0. The molecule has 0 atom stereocenters. The Labute approximate surface area is 89.4 Å². The summed E-state index contributed by atoms with van der Waals surface area (Å²) in [5, 5.41) is 0. The molecule has 1 aromatic carbocycles. The number of anilines is 1. The fourth-order valence-electron chi connectivity index (χ4n) is 1.07. The lowest BCUT2D eigenvalue weighted by molar-refractivity contribution is 0.00696. The fraction of sp³-hybridized carbons (Fsp3) is 0.364. The van der Waals surface area contributed by atoms with Crippen LogP contribution < -0.4 is 11.3 Å². The molecular formula is C11H16N2O2. The maximum absolute atomic E-state index is 11.6. The smallest absolute Gasteiger partial charge is 0.338 e. The van der Waals surface area contributed by atoms with Crippen molar-refractivity contribution in [3.05, 3.63) is 29.8 Å². The van der Waals surface area contributed by atoms with Gasteiger partial charge in [0, 0.05) is 5.69 Å². The van der Waals surface area contributed by atoms with Crippen LogP contribution in [0.4, 0.5) is 5.69 Å². The van der Waals surface area contributed by atoms with Crippen LogP contribution in [0.3, 0.4) is 0 Å². The highest BCUT2D eigenvalue weighted by atomic mass is 16.6. The van der Waals surface area contributed by atoms with E-state index in [1.807, 2.05) is 20.8 Å². The van der Waals surface area contributed by atoms with Gasteiger partial charge in [-0.1, -0.05) is 6.07 Å². The van der Waals surface area contributed by atoms with Gasteiger partial charge in [-0.3, -0.25) is 5.84 Å². The number of esters is 1. The van der Waals surface area contributed by atoms with Gasteiger partial charge in [-0.15, -0.1) is 0 Å². The molecule has 0 spiro atoms. The molecule has 4 nitrogen and oxygen atoms in total. The van der Waals surface area contributed by atoms with E-state index in [0.717, 1.165) is 0 Å². The summed E-state index contributed by atoms with van der Waals surface area (Å²) < 4.78 is 5.22. The Morgan fingerprint density at radius 3 is 2.60 bits per heavy atom. The van der Waals surface area contributed by atoms with Gasteiger partial charge in [0.2, 0.25) is 0 Å². The molecule has 0 bridgehead atoms. The molecule has 0 amide bonds. The summed E-state index contributed by atoms with van der Waals surface area (Å²) in [7, 11) is 0. The summed E-state index contributed by atoms with van der Waals surface area (Å²) in [5.41, 5.74) is 3.16. The van der Waals surface area contributed by atoms with Gasteiger partial charge in [0.25, 0.3) is 0 Å². The Morgan fingerprint density at radius 1 is 1.40 bits per heavy atom. The van der Waals surface area contributed by atoms with Crippen molar-refractivity contribution in [2.45, 2.75) is 26.4 Å². The maximum Gasteiger partial charge on any atom is 0.338 e. The number of nitrogen functional groups attached to an aromatic ring is 1. The number of nitrogens with two attached hydrogens (primary N) is 1. The minimum atomic E-state index is -0.483. The molecule has 1 aromatic rings.